The molecular weight excluding hydrogens is 418 g/mol. The van der Waals surface area contributed by atoms with Crippen LogP contribution in [0.3, 0.4) is 0 Å². The lowest BCUT2D eigenvalue weighted by molar-refractivity contribution is -0.137. The second-order valence-electron chi connectivity index (χ2n) is 6.66. The van der Waals surface area contributed by atoms with Crippen molar-refractivity contribution < 1.29 is 17.6 Å². The molecule has 0 aliphatic heterocycles. The number of H-pyrrole nitrogens is 1. The van der Waals surface area contributed by atoms with Crippen LogP contribution in [0.5, 0.6) is 0 Å². The zero-order chi connectivity index (χ0) is 21.0. The fraction of sp³-hybridized carbons (Fsp3) is 0.0476. The average Bonchev–Trinajstić information content (AvgIpc) is 3.32. The third-order valence-corrected chi connectivity index (χ3v) is 5.61. The molecule has 0 saturated heterocycles. The highest BCUT2D eigenvalue weighted by Crippen LogP contribution is 2.35. The van der Waals surface area contributed by atoms with Gasteiger partial charge in [-0.1, -0.05) is 12.1 Å². The number of hydrogen-bond acceptors (Lipinski definition) is 3. The maximum atomic E-state index is 13.3. The van der Waals surface area contributed by atoms with Crippen molar-refractivity contribution in [3.63, 3.8) is 0 Å². The van der Waals surface area contributed by atoms with Gasteiger partial charge in [0.15, 0.2) is 0 Å². The molecule has 0 radical (unpaired) electrons. The predicted octanol–water partition coefficient (Wildman–Crippen LogP) is 5.75. The van der Waals surface area contributed by atoms with Gasteiger partial charge < -0.3 is 0 Å². The summed E-state index contributed by atoms with van der Waals surface area (Å²) in [5.74, 6) is -0.450. The van der Waals surface area contributed by atoms with Crippen molar-refractivity contribution in [2.24, 2.45) is 0 Å². The van der Waals surface area contributed by atoms with Crippen LogP contribution in [0.15, 0.2) is 64.8 Å². The molecule has 1 N–H and O–H groups in total. The van der Waals surface area contributed by atoms with Crippen molar-refractivity contribution in [3.8, 4) is 16.9 Å². The molecule has 0 atom stereocenters. The Morgan fingerprint density at radius 3 is 2.53 bits per heavy atom. The number of aromatic nitrogens is 3. The summed E-state index contributed by atoms with van der Waals surface area (Å²) in [6.45, 7) is 0. The molecule has 0 aliphatic rings. The largest absolute Gasteiger partial charge is 0.416 e. The number of nitrogens with one attached hydrogen (secondary N) is 1. The predicted molar refractivity (Wildman–Crippen MR) is 107 cm³/mol. The minimum absolute atomic E-state index is 0.160. The number of hydrogen-bond donors (Lipinski definition) is 1. The van der Waals surface area contributed by atoms with E-state index in [1.165, 1.54) is 52.4 Å². The van der Waals surface area contributed by atoms with Crippen molar-refractivity contribution in [1.29, 1.82) is 0 Å². The highest BCUT2D eigenvalue weighted by molar-refractivity contribution is 7.16. The highest BCUT2D eigenvalue weighted by Gasteiger charge is 2.31. The summed E-state index contributed by atoms with van der Waals surface area (Å²) < 4.78 is 54.2. The molecule has 0 aliphatic carbocycles. The van der Waals surface area contributed by atoms with Crippen molar-refractivity contribution in [2.75, 3.05) is 0 Å². The van der Waals surface area contributed by atoms with Crippen molar-refractivity contribution >= 4 is 32.5 Å². The molecule has 5 rings (SSSR count). The summed E-state index contributed by atoms with van der Waals surface area (Å²) in [5.41, 5.74) is -0.0974. The van der Waals surface area contributed by atoms with E-state index in [9.17, 15) is 22.4 Å². The van der Waals surface area contributed by atoms with Gasteiger partial charge in [0.1, 0.15) is 10.6 Å². The van der Waals surface area contributed by atoms with Crippen LogP contribution in [0, 0.1) is 5.82 Å². The zero-order valence-corrected chi connectivity index (χ0v) is 15.8. The summed E-state index contributed by atoms with van der Waals surface area (Å²) in [5, 5.41) is 5.66. The Kier molecular flexibility index (Phi) is 4.04. The van der Waals surface area contributed by atoms with Crippen molar-refractivity contribution in [1.82, 2.24) is 14.8 Å². The SMILES string of the molecule is O=c1c2c(-c3cccc(C(F)(F)F)c3)nc3sccc3c2[nH]n1-c1ccc(F)cc1. The second-order valence-corrected chi connectivity index (χ2v) is 7.55. The van der Waals surface area contributed by atoms with E-state index in [1.54, 1.807) is 11.4 Å². The molecule has 2 aromatic carbocycles. The van der Waals surface area contributed by atoms with Gasteiger partial charge in [-0.05, 0) is 47.8 Å². The Morgan fingerprint density at radius 1 is 1.03 bits per heavy atom. The van der Waals surface area contributed by atoms with Crippen LogP contribution in [-0.2, 0) is 6.18 Å². The maximum absolute atomic E-state index is 13.3. The van der Waals surface area contributed by atoms with Crippen molar-refractivity contribution in [2.45, 2.75) is 6.18 Å². The van der Waals surface area contributed by atoms with Gasteiger partial charge in [-0.25, -0.2) is 14.1 Å². The van der Waals surface area contributed by atoms with Crippen LogP contribution in [0.25, 0.3) is 38.1 Å². The first-order chi connectivity index (χ1) is 14.3. The van der Waals surface area contributed by atoms with Gasteiger partial charge in [-0.2, -0.15) is 13.2 Å². The van der Waals surface area contributed by atoms with E-state index in [0.29, 0.717) is 21.4 Å². The third-order valence-electron chi connectivity index (χ3n) is 4.80. The van der Waals surface area contributed by atoms with Crippen LogP contribution >= 0.6 is 11.3 Å². The Bertz CT molecular complexity index is 1460. The molecule has 150 valence electrons. The summed E-state index contributed by atoms with van der Waals surface area (Å²) >= 11 is 1.32. The summed E-state index contributed by atoms with van der Waals surface area (Å²) in [6, 6.07) is 11.8. The fourth-order valence-corrected chi connectivity index (χ4v) is 4.19. The van der Waals surface area contributed by atoms with Crippen LogP contribution in [0.1, 0.15) is 5.56 Å². The van der Waals surface area contributed by atoms with Crippen LogP contribution in [0.4, 0.5) is 17.6 Å². The van der Waals surface area contributed by atoms with Crippen LogP contribution < -0.4 is 5.56 Å². The summed E-state index contributed by atoms with van der Waals surface area (Å²) in [7, 11) is 0. The monoisotopic (exact) mass is 429 g/mol. The molecule has 4 nitrogen and oxygen atoms in total. The molecule has 0 saturated carbocycles. The fourth-order valence-electron chi connectivity index (χ4n) is 3.41. The smallest absolute Gasteiger partial charge is 0.289 e. The van der Waals surface area contributed by atoms with E-state index in [4.69, 9.17) is 0 Å². The first-order valence-corrected chi connectivity index (χ1v) is 9.66. The van der Waals surface area contributed by atoms with Gasteiger partial charge in [0.05, 0.1) is 27.8 Å². The first kappa shape index (κ1) is 18.6. The van der Waals surface area contributed by atoms with Gasteiger partial charge in [-0.15, -0.1) is 11.3 Å². The topological polar surface area (TPSA) is 50.7 Å². The number of rotatable bonds is 2. The number of fused-ring (bicyclic) bond motifs is 3. The average molecular weight is 429 g/mol. The molecule has 0 unspecified atom stereocenters. The van der Waals surface area contributed by atoms with E-state index in [1.807, 2.05) is 0 Å². The molecule has 0 spiro atoms. The number of thiophene rings is 1. The lowest BCUT2D eigenvalue weighted by Gasteiger charge is -2.09. The van der Waals surface area contributed by atoms with Gasteiger partial charge >= 0.3 is 6.18 Å². The first-order valence-electron chi connectivity index (χ1n) is 8.78. The van der Waals surface area contributed by atoms with E-state index in [2.05, 4.69) is 10.1 Å². The number of aromatic amines is 1. The molecule has 0 amide bonds. The third kappa shape index (κ3) is 2.89. The second kappa shape index (κ2) is 6.53. The molecular formula is C21H11F4N3OS. The van der Waals surface area contributed by atoms with E-state index < -0.39 is 23.1 Å². The Morgan fingerprint density at radius 2 is 1.80 bits per heavy atom. The van der Waals surface area contributed by atoms with Gasteiger partial charge in [-0.3, -0.25) is 9.89 Å². The minimum Gasteiger partial charge on any atom is -0.289 e. The number of alkyl halides is 3. The zero-order valence-electron chi connectivity index (χ0n) is 15.0. The molecule has 0 bridgehead atoms. The van der Waals surface area contributed by atoms with E-state index in [-0.39, 0.29) is 16.6 Å². The van der Waals surface area contributed by atoms with Gasteiger partial charge in [0.2, 0.25) is 0 Å². The Labute approximate surface area is 170 Å². The molecule has 30 heavy (non-hydrogen) atoms. The quantitative estimate of drug-likeness (QED) is 0.363. The summed E-state index contributed by atoms with van der Waals surface area (Å²) in [4.78, 5) is 18.3. The number of pyridine rings is 1. The van der Waals surface area contributed by atoms with E-state index >= 15 is 0 Å². The lowest BCUT2D eigenvalue weighted by Crippen LogP contribution is -2.14. The molecule has 3 aromatic heterocycles. The van der Waals surface area contributed by atoms with Crippen LogP contribution in [0.2, 0.25) is 0 Å². The molecule has 0 fully saturated rings. The number of nitrogens with zero attached hydrogens (tertiary/aromatic N) is 2. The standard InChI is InChI=1S/C21H11F4N3OS/c22-13-4-6-14(7-5-13)28-20(29)16-17(11-2-1-3-12(10-11)21(23,24)25)26-19-15(8-9-30-19)18(16)27-28/h1-10,27H. The lowest BCUT2D eigenvalue weighted by atomic mass is 10.0. The van der Waals surface area contributed by atoms with Gasteiger partial charge in [0.25, 0.3) is 5.56 Å². The minimum atomic E-state index is -4.52. The van der Waals surface area contributed by atoms with Gasteiger partial charge in [0, 0.05) is 10.9 Å². The molecule has 3 heterocycles. The molecule has 5 aromatic rings. The number of benzene rings is 2. The normalized spacial score (nSPS) is 12.1. The highest BCUT2D eigenvalue weighted by atomic mass is 32.1. The maximum Gasteiger partial charge on any atom is 0.416 e. The van der Waals surface area contributed by atoms with Crippen LogP contribution in [-0.4, -0.2) is 14.8 Å². The van der Waals surface area contributed by atoms with Crippen molar-refractivity contribution in [3.05, 3.63) is 81.7 Å². The number of halogens is 4. The Balaban J connectivity index is 1.84. The van der Waals surface area contributed by atoms with E-state index in [0.717, 1.165) is 12.1 Å². The molecule has 9 heteroatoms. The summed E-state index contributed by atoms with van der Waals surface area (Å²) in [6.07, 6.45) is -4.52. The Hall–Kier alpha value is -3.46.